The van der Waals surface area contributed by atoms with Crippen LogP contribution in [0.1, 0.15) is 56.2 Å². The van der Waals surface area contributed by atoms with Gasteiger partial charge in [0.1, 0.15) is 17.7 Å². The van der Waals surface area contributed by atoms with Crippen molar-refractivity contribution in [1.29, 1.82) is 5.26 Å². The first-order valence-corrected chi connectivity index (χ1v) is 11.1. The normalized spacial score (nSPS) is 28.5. The number of hydrogen-bond acceptors (Lipinski definition) is 4. The number of ether oxygens (including phenoxy) is 1. The number of benzene rings is 1. The quantitative estimate of drug-likeness (QED) is 0.724. The predicted octanol–water partition coefficient (Wildman–Crippen LogP) is 4.39. The molecule has 5 rings (SSSR count). The van der Waals surface area contributed by atoms with E-state index in [2.05, 4.69) is 17.6 Å². The van der Waals surface area contributed by atoms with Gasteiger partial charge in [0.05, 0.1) is 11.3 Å². The highest BCUT2D eigenvalue weighted by Gasteiger charge is 2.50. The van der Waals surface area contributed by atoms with Gasteiger partial charge in [0.2, 0.25) is 0 Å². The highest BCUT2D eigenvalue weighted by Crippen LogP contribution is 2.50. The Kier molecular flexibility index (Phi) is 4.82. The van der Waals surface area contributed by atoms with Crippen molar-refractivity contribution in [2.45, 2.75) is 50.9 Å². The van der Waals surface area contributed by atoms with Crippen LogP contribution in [-0.2, 0) is 21.4 Å². The second-order valence-electron chi connectivity index (χ2n) is 9.22. The lowest BCUT2D eigenvalue weighted by Gasteiger charge is -2.44. The van der Waals surface area contributed by atoms with Gasteiger partial charge in [-0.15, -0.1) is 0 Å². The molecule has 0 amide bonds. The fraction of sp³-hybridized carbons (Fsp3) is 0.480. The van der Waals surface area contributed by atoms with Crippen LogP contribution in [0.4, 0.5) is 4.39 Å². The summed E-state index contributed by atoms with van der Waals surface area (Å²) < 4.78 is 21.9. The lowest BCUT2D eigenvalue weighted by molar-refractivity contribution is -0.121. The maximum absolute atomic E-state index is 14.2. The molecule has 6 heteroatoms. The molecule has 1 aromatic carbocycles. The molecule has 0 saturated carbocycles. The lowest BCUT2D eigenvalue weighted by Crippen LogP contribution is -2.45. The van der Waals surface area contributed by atoms with Crippen molar-refractivity contribution in [1.82, 2.24) is 9.55 Å². The molecule has 5 nitrogen and oxygen atoms in total. The van der Waals surface area contributed by atoms with E-state index in [9.17, 15) is 14.4 Å². The van der Waals surface area contributed by atoms with Crippen LogP contribution in [0.2, 0.25) is 0 Å². The summed E-state index contributed by atoms with van der Waals surface area (Å²) in [6, 6.07) is 8.77. The molecule has 2 aliphatic carbocycles. The van der Waals surface area contributed by atoms with Crippen LogP contribution in [0, 0.1) is 29.0 Å². The van der Waals surface area contributed by atoms with E-state index >= 15 is 0 Å². The second kappa shape index (κ2) is 7.42. The van der Waals surface area contributed by atoms with Crippen molar-refractivity contribution in [2.75, 3.05) is 13.2 Å². The molecule has 3 atom stereocenters. The largest absolute Gasteiger partial charge is 0.381 e. The molecule has 0 unspecified atom stereocenters. The van der Waals surface area contributed by atoms with E-state index < -0.39 is 5.41 Å². The number of nitriles is 1. The molecular formula is C25H26FN3O2. The summed E-state index contributed by atoms with van der Waals surface area (Å²) in [5.41, 5.74) is 2.51. The average Bonchev–Trinajstić information content (AvgIpc) is 3.18. The van der Waals surface area contributed by atoms with Crippen LogP contribution in [-0.4, -0.2) is 28.5 Å². The fourth-order valence-electron chi connectivity index (χ4n) is 5.87. The molecule has 0 N–H and O–H groups in total. The minimum atomic E-state index is -0.496. The third-order valence-corrected chi connectivity index (χ3v) is 7.47. The minimum absolute atomic E-state index is 0.0670. The van der Waals surface area contributed by atoms with Crippen LogP contribution < -0.4 is 0 Å². The number of imidazole rings is 1. The summed E-state index contributed by atoms with van der Waals surface area (Å²) in [5, 5.41) is 9.58. The van der Waals surface area contributed by atoms with Gasteiger partial charge in [-0.25, -0.2) is 9.37 Å². The lowest BCUT2D eigenvalue weighted by atomic mass is 9.58. The summed E-state index contributed by atoms with van der Waals surface area (Å²) in [6.07, 6.45) is 5.20. The zero-order valence-electron chi connectivity index (χ0n) is 17.9. The number of halogens is 1. The number of nitrogens with zero attached hydrogens (tertiary/aromatic N) is 3. The first-order chi connectivity index (χ1) is 14.9. The minimum Gasteiger partial charge on any atom is -0.381 e. The first kappa shape index (κ1) is 20.1. The smallest absolute Gasteiger partial charge is 0.176 e. The van der Waals surface area contributed by atoms with E-state index in [0.717, 1.165) is 48.6 Å². The Balaban J connectivity index is 1.74. The first-order valence-electron chi connectivity index (χ1n) is 11.1. The molecule has 2 heterocycles. The molecule has 1 aliphatic heterocycles. The van der Waals surface area contributed by atoms with Gasteiger partial charge >= 0.3 is 0 Å². The summed E-state index contributed by atoms with van der Waals surface area (Å²) >= 11 is 0. The zero-order valence-corrected chi connectivity index (χ0v) is 17.9. The van der Waals surface area contributed by atoms with E-state index in [-0.39, 0.29) is 34.9 Å². The third kappa shape index (κ3) is 3.06. The van der Waals surface area contributed by atoms with Crippen molar-refractivity contribution in [3.05, 3.63) is 58.9 Å². The van der Waals surface area contributed by atoms with E-state index in [1.165, 1.54) is 6.07 Å². The number of carbonyl (C=O) groups is 1. The van der Waals surface area contributed by atoms with Gasteiger partial charge < -0.3 is 9.30 Å². The molecule has 3 aliphatic rings. The van der Waals surface area contributed by atoms with Crippen molar-refractivity contribution in [3.8, 4) is 11.8 Å². The number of Topliss-reactive ketones (excluding diaryl/α,β-unsaturated/α-hetero) is 1. The van der Waals surface area contributed by atoms with Gasteiger partial charge in [0, 0.05) is 41.8 Å². The van der Waals surface area contributed by atoms with Crippen LogP contribution in [0.3, 0.4) is 0 Å². The Morgan fingerprint density at radius 1 is 1.29 bits per heavy atom. The fourth-order valence-corrected chi connectivity index (χ4v) is 5.87. The van der Waals surface area contributed by atoms with Crippen molar-refractivity contribution < 1.29 is 13.9 Å². The Morgan fingerprint density at radius 2 is 2.06 bits per heavy atom. The maximum atomic E-state index is 14.2. The summed E-state index contributed by atoms with van der Waals surface area (Å²) in [7, 11) is 0. The SMILES string of the molecule is C[C@H]1C(=O)C(C#N)=C[C@@]2(C)c3nc(C4CCOCC4)n(-c4cccc(F)c4)c3CC[C@H]12. The van der Waals surface area contributed by atoms with E-state index in [0.29, 0.717) is 13.2 Å². The number of rotatable bonds is 2. The van der Waals surface area contributed by atoms with Gasteiger partial charge in [-0.2, -0.15) is 5.26 Å². The molecule has 1 saturated heterocycles. The molecule has 31 heavy (non-hydrogen) atoms. The molecule has 0 radical (unpaired) electrons. The second-order valence-corrected chi connectivity index (χ2v) is 9.22. The molecular weight excluding hydrogens is 393 g/mol. The van der Waals surface area contributed by atoms with E-state index in [1.54, 1.807) is 12.1 Å². The van der Waals surface area contributed by atoms with Crippen molar-refractivity contribution >= 4 is 5.78 Å². The number of allylic oxidation sites excluding steroid dienone is 2. The number of aromatic nitrogens is 2. The van der Waals surface area contributed by atoms with Crippen LogP contribution in [0.5, 0.6) is 0 Å². The number of fused-ring (bicyclic) bond motifs is 3. The molecule has 1 aromatic heterocycles. The van der Waals surface area contributed by atoms with Gasteiger partial charge in [-0.3, -0.25) is 4.79 Å². The number of hydrogen-bond donors (Lipinski definition) is 0. The van der Waals surface area contributed by atoms with E-state index in [1.807, 2.05) is 19.1 Å². The van der Waals surface area contributed by atoms with Crippen LogP contribution in [0.15, 0.2) is 35.9 Å². The Hall–Kier alpha value is -2.78. The summed E-state index contributed by atoms with van der Waals surface area (Å²) in [5.74, 6) is 0.708. The van der Waals surface area contributed by atoms with Gasteiger partial charge in [0.15, 0.2) is 5.78 Å². The summed E-state index contributed by atoms with van der Waals surface area (Å²) in [6.45, 7) is 5.42. The molecule has 0 spiro atoms. The molecule has 160 valence electrons. The molecule has 2 aromatic rings. The van der Waals surface area contributed by atoms with Crippen LogP contribution >= 0.6 is 0 Å². The number of ketones is 1. The molecule has 1 fully saturated rings. The Labute approximate surface area is 181 Å². The van der Waals surface area contributed by atoms with Crippen LogP contribution in [0.25, 0.3) is 5.69 Å². The molecule has 0 bridgehead atoms. The Bertz CT molecular complexity index is 1120. The van der Waals surface area contributed by atoms with Gasteiger partial charge in [0.25, 0.3) is 0 Å². The summed E-state index contributed by atoms with van der Waals surface area (Å²) in [4.78, 5) is 17.9. The third-order valence-electron chi connectivity index (χ3n) is 7.47. The van der Waals surface area contributed by atoms with Crippen molar-refractivity contribution in [2.24, 2.45) is 11.8 Å². The number of carbonyl (C=O) groups excluding carboxylic acids is 1. The topological polar surface area (TPSA) is 67.9 Å². The standard InChI is InChI=1S/C25H26FN3O2/c1-15-20-6-7-21-23(25(20,2)13-17(14-27)22(15)30)28-24(16-8-10-31-11-9-16)29(21)19-5-3-4-18(26)12-19/h3-5,12-13,15-16,20H,6-11H2,1-2H3/t15-,20-,25-/m1/s1. The maximum Gasteiger partial charge on any atom is 0.176 e. The highest BCUT2D eigenvalue weighted by atomic mass is 19.1. The Morgan fingerprint density at radius 3 is 2.77 bits per heavy atom. The van der Waals surface area contributed by atoms with E-state index in [4.69, 9.17) is 9.72 Å². The van der Waals surface area contributed by atoms with Gasteiger partial charge in [-0.05, 0) is 49.8 Å². The predicted molar refractivity (Wildman–Crippen MR) is 113 cm³/mol. The zero-order chi connectivity index (χ0) is 21.8. The average molecular weight is 420 g/mol. The monoisotopic (exact) mass is 419 g/mol. The van der Waals surface area contributed by atoms with Crippen molar-refractivity contribution in [3.63, 3.8) is 0 Å². The van der Waals surface area contributed by atoms with Gasteiger partial charge in [-0.1, -0.05) is 26.0 Å². The highest BCUT2D eigenvalue weighted by molar-refractivity contribution is 6.02.